The fraction of sp³-hybridized carbons (Fsp3) is 0.429. The number of nitrogens with one attached hydrogen (secondary N) is 1. The maximum Gasteiger partial charge on any atom is 0.409 e. The Morgan fingerprint density at radius 1 is 1.40 bits per heavy atom. The summed E-state index contributed by atoms with van der Waals surface area (Å²) >= 11 is 3.45. The Bertz CT molecular complexity index is 479. The highest BCUT2D eigenvalue weighted by atomic mass is 79.9. The maximum absolute atomic E-state index is 11.9. The van der Waals surface area contributed by atoms with Gasteiger partial charge in [0.25, 0.3) is 0 Å². The minimum Gasteiger partial charge on any atom is -0.450 e. The van der Waals surface area contributed by atoms with E-state index in [9.17, 15) is 9.59 Å². The Kier molecular flexibility index (Phi) is 6.51. The molecular formula is C14H19BrN2O3. The van der Waals surface area contributed by atoms with Crippen LogP contribution in [-0.4, -0.2) is 37.1 Å². The molecule has 0 aliphatic heterocycles. The summed E-state index contributed by atoms with van der Waals surface area (Å²) in [7, 11) is 1.53. The zero-order valence-corrected chi connectivity index (χ0v) is 13.4. The molecule has 0 spiro atoms. The molecule has 20 heavy (non-hydrogen) atoms. The maximum atomic E-state index is 11.9. The summed E-state index contributed by atoms with van der Waals surface area (Å²) in [4.78, 5) is 24.5. The van der Waals surface area contributed by atoms with Crippen molar-refractivity contribution in [2.45, 2.75) is 19.9 Å². The summed E-state index contributed by atoms with van der Waals surface area (Å²) in [6.45, 7) is 3.87. The molecule has 0 unspecified atom stereocenters. The Balaban J connectivity index is 2.54. The molecule has 0 bridgehead atoms. The van der Waals surface area contributed by atoms with Gasteiger partial charge in [0.1, 0.15) is 6.54 Å². The van der Waals surface area contributed by atoms with Crippen LogP contribution in [0.1, 0.15) is 25.5 Å². The van der Waals surface area contributed by atoms with Crippen LogP contribution < -0.4 is 5.32 Å². The number of carbonyl (C=O) groups excluding carboxylic acids is 2. The number of rotatable bonds is 5. The highest BCUT2D eigenvalue weighted by Crippen LogP contribution is 2.22. The fourth-order valence-corrected chi connectivity index (χ4v) is 2.33. The lowest BCUT2D eigenvalue weighted by molar-refractivity contribution is -0.122. The molecule has 0 saturated heterocycles. The van der Waals surface area contributed by atoms with Gasteiger partial charge in [-0.1, -0.05) is 34.1 Å². The molecule has 0 radical (unpaired) electrons. The molecule has 0 saturated carbocycles. The topological polar surface area (TPSA) is 58.6 Å². The molecule has 0 aliphatic rings. The number of likely N-dealkylation sites (N-methyl/N-ethyl adjacent to an activating group) is 1. The zero-order valence-electron chi connectivity index (χ0n) is 11.9. The van der Waals surface area contributed by atoms with Gasteiger partial charge in [-0.2, -0.15) is 0 Å². The second-order valence-electron chi connectivity index (χ2n) is 4.37. The Labute approximate surface area is 127 Å². The molecule has 1 aromatic carbocycles. The van der Waals surface area contributed by atoms with Gasteiger partial charge in [0, 0.05) is 11.5 Å². The van der Waals surface area contributed by atoms with Crippen molar-refractivity contribution in [3.8, 4) is 0 Å². The van der Waals surface area contributed by atoms with Gasteiger partial charge < -0.3 is 15.0 Å². The van der Waals surface area contributed by atoms with Crippen LogP contribution >= 0.6 is 15.9 Å². The third-order valence-electron chi connectivity index (χ3n) is 2.71. The molecule has 1 N–H and O–H groups in total. The van der Waals surface area contributed by atoms with Crippen molar-refractivity contribution >= 4 is 27.9 Å². The largest absolute Gasteiger partial charge is 0.450 e. The van der Waals surface area contributed by atoms with E-state index in [4.69, 9.17) is 4.74 Å². The van der Waals surface area contributed by atoms with Crippen molar-refractivity contribution in [2.75, 3.05) is 20.2 Å². The lowest BCUT2D eigenvalue weighted by Crippen LogP contribution is -2.39. The summed E-state index contributed by atoms with van der Waals surface area (Å²) in [6.07, 6.45) is -0.504. The molecule has 2 amide bonds. The second-order valence-corrected chi connectivity index (χ2v) is 5.22. The first-order valence-corrected chi connectivity index (χ1v) is 7.16. The zero-order chi connectivity index (χ0) is 15.1. The highest BCUT2D eigenvalue weighted by Gasteiger charge is 2.16. The molecular weight excluding hydrogens is 324 g/mol. The van der Waals surface area contributed by atoms with E-state index in [1.54, 1.807) is 6.92 Å². The van der Waals surface area contributed by atoms with Crippen molar-refractivity contribution in [1.29, 1.82) is 0 Å². The van der Waals surface area contributed by atoms with E-state index in [1.165, 1.54) is 11.9 Å². The van der Waals surface area contributed by atoms with E-state index in [0.717, 1.165) is 10.0 Å². The van der Waals surface area contributed by atoms with Gasteiger partial charge in [-0.25, -0.2) is 4.79 Å². The number of amides is 2. The number of carbonyl (C=O) groups is 2. The number of halogens is 1. The minimum absolute atomic E-state index is 0.0341. The normalized spacial score (nSPS) is 11.6. The SMILES string of the molecule is CCOC(=O)N(C)CC(=O)N[C@H](C)c1ccccc1Br. The van der Waals surface area contributed by atoms with Gasteiger partial charge >= 0.3 is 6.09 Å². The highest BCUT2D eigenvalue weighted by molar-refractivity contribution is 9.10. The summed E-state index contributed by atoms with van der Waals surface area (Å²) in [5.74, 6) is -0.233. The monoisotopic (exact) mass is 342 g/mol. The van der Waals surface area contributed by atoms with Crippen LogP contribution in [0.5, 0.6) is 0 Å². The average molecular weight is 343 g/mol. The predicted octanol–water partition coefficient (Wildman–Crippen LogP) is 2.71. The summed E-state index contributed by atoms with van der Waals surface area (Å²) in [6, 6.07) is 7.53. The van der Waals surface area contributed by atoms with Crippen LogP contribution in [0.3, 0.4) is 0 Å². The van der Waals surface area contributed by atoms with E-state index in [-0.39, 0.29) is 25.1 Å². The van der Waals surface area contributed by atoms with E-state index in [0.29, 0.717) is 0 Å². The Morgan fingerprint density at radius 2 is 2.05 bits per heavy atom. The molecule has 1 rings (SSSR count). The first-order chi connectivity index (χ1) is 9.45. The molecule has 0 fully saturated rings. The lowest BCUT2D eigenvalue weighted by Gasteiger charge is -2.19. The van der Waals surface area contributed by atoms with Crippen molar-refractivity contribution in [1.82, 2.24) is 10.2 Å². The third-order valence-corrected chi connectivity index (χ3v) is 3.43. The number of ether oxygens (including phenoxy) is 1. The number of hydrogen-bond donors (Lipinski definition) is 1. The van der Waals surface area contributed by atoms with Crippen LogP contribution in [0.2, 0.25) is 0 Å². The number of nitrogens with zero attached hydrogens (tertiary/aromatic N) is 1. The first-order valence-electron chi connectivity index (χ1n) is 6.37. The fourth-order valence-electron chi connectivity index (χ4n) is 1.70. The lowest BCUT2D eigenvalue weighted by atomic mass is 10.1. The number of benzene rings is 1. The molecule has 0 heterocycles. The molecule has 0 aromatic heterocycles. The Morgan fingerprint density at radius 3 is 2.65 bits per heavy atom. The molecule has 110 valence electrons. The summed E-state index contributed by atoms with van der Waals surface area (Å²) in [5.41, 5.74) is 0.986. The van der Waals surface area contributed by atoms with Crippen molar-refractivity contribution < 1.29 is 14.3 Å². The quantitative estimate of drug-likeness (QED) is 0.894. The van der Waals surface area contributed by atoms with Crippen LogP contribution in [0.15, 0.2) is 28.7 Å². The van der Waals surface area contributed by atoms with Crippen molar-refractivity contribution in [2.24, 2.45) is 0 Å². The second kappa shape index (κ2) is 7.89. The van der Waals surface area contributed by atoms with E-state index >= 15 is 0 Å². The van der Waals surface area contributed by atoms with Crippen LogP contribution in [0, 0.1) is 0 Å². The molecule has 1 atom stereocenters. The van der Waals surface area contributed by atoms with Crippen molar-refractivity contribution in [3.63, 3.8) is 0 Å². The van der Waals surface area contributed by atoms with Crippen LogP contribution in [-0.2, 0) is 9.53 Å². The van der Waals surface area contributed by atoms with Gasteiger partial charge in [-0.3, -0.25) is 4.79 Å². The van der Waals surface area contributed by atoms with Gasteiger partial charge in [0.05, 0.1) is 12.6 Å². The van der Waals surface area contributed by atoms with Gasteiger partial charge in [-0.15, -0.1) is 0 Å². The summed E-state index contributed by atoms with van der Waals surface area (Å²) < 4.78 is 5.75. The standard InChI is InChI=1S/C14H19BrN2O3/c1-4-20-14(19)17(3)9-13(18)16-10(2)11-7-5-6-8-12(11)15/h5-8,10H,4,9H2,1-3H3,(H,16,18)/t10-/m1/s1. The summed E-state index contributed by atoms with van der Waals surface area (Å²) in [5, 5.41) is 2.85. The third kappa shape index (κ3) is 4.85. The van der Waals surface area contributed by atoms with Gasteiger partial charge in [-0.05, 0) is 25.5 Å². The van der Waals surface area contributed by atoms with E-state index in [2.05, 4.69) is 21.2 Å². The van der Waals surface area contributed by atoms with Crippen molar-refractivity contribution in [3.05, 3.63) is 34.3 Å². The van der Waals surface area contributed by atoms with Crippen LogP contribution in [0.25, 0.3) is 0 Å². The molecule has 5 nitrogen and oxygen atoms in total. The van der Waals surface area contributed by atoms with Crippen LogP contribution in [0.4, 0.5) is 4.79 Å². The Hall–Kier alpha value is -1.56. The molecule has 1 aromatic rings. The average Bonchev–Trinajstić information content (AvgIpc) is 2.39. The predicted molar refractivity (Wildman–Crippen MR) is 80.4 cm³/mol. The molecule has 0 aliphatic carbocycles. The number of hydrogen-bond acceptors (Lipinski definition) is 3. The smallest absolute Gasteiger partial charge is 0.409 e. The van der Waals surface area contributed by atoms with E-state index < -0.39 is 6.09 Å². The minimum atomic E-state index is -0.504. The van der Waals surface area contributed by atoms with E-state index in [1.807, 2.05) is 31.2 Å². The van der Waals surface area contributed by atoms with Gasteiger partial charge in [0.2, 0.25) is 5.91 Å². The molecule has 6 heteroatoms. The first kappa shape index (κ1) is 16.5. The van der Waals surface area contributed by atoms with Gasteiger partial charge in [0.15, 0.2) is 0 Å².